The summed E-state index contributed by atoms with van der Waals surface area (Å²) in [7, 11) is 0. The number of anilines is 1. The van der Waals surface area contributed by atoms with Crippen molar-refractivity contribution in [1.82, 2.24) is 15.1 Å². The second-order valence-electron chi connectivity index (χ2n) is 3.58. The maximum atomic E-state index is 11.6. The normalized spacial score (nSPS) is 15.1. The topological polar surface area (TPSA) is 61.0 Å². The van der Waals surface area contributed by atoms with Crippen LogP contribution in [0.3, 0.4) is 0 Å². The van der Waals surface area contributed by atoms with Crippen molar-refractivity contribution in [3.05, 3.63) is 11.4 Å². The summed E-state index contributed by atoms with van der Waals surface area (Å²) >= 11 is 0. The largest absolute Gasteiger partial charge is 0.324 e. The molecule has 0 aliphatic carbocycles. The summed E-state index contributed by atoms with van der Waals surface area (Å²) in [6.45, 7) is 5.49. The quantitative estimate of drug-likeness (QED) is 0.707. The van der Waals surface area contributed by atoms with Gasteiger partial charge in [-0.25, -0.2) is 4.79 Å². The van der Waals surface area contributed by atoms with Crippen molar-refractivity contribution < 1.29 is 4.79 Å². The lowest BCUT2D eigenvalue weighted by atomic mass is 10.2. The van der Waals surface area contributed by atoms with Gasteiger partial charge < -0.3 is 10.2 Å². The number of urea groups is 1. The molecule has 76 valence electrons. The fourth-order valence-corrected chi connectivity index (χ4v) is 1.44. The number of carbonyl (C=O) groups is 1. The highest BCUT2D eigenvalue weighted by Gasteiger charge is 2.21. The molecule has 5 heteroatoms. The van der Waals surface area contributed by atoms with E-state index in [0.29, 0.717) is 0 Å². The molecular weight excluding hydrogens is 180 g/mol. The van der Waals surface area contributed by atoms with Crippen LogP contribution in [0.2, 0.25) is 0 Å². The van der Waals surface area contributed by atoms with Gasteiger partial charge in [-0.1, -0.05) is 0 Å². The highest BCUT2D eigenvalue weighted by molar-refractivity contribution is 5.90. The molecule has 1 saturated heterocycles. The molecule has 1 aliphatic heterocycles. The third-order valence-electron chi connectivity index (χ3n) is 2.50. The summed E-state index contributed by atoms with van der Waals surface area (Å²) in [5, 5.41) is 9.70. The fourth-order valence-electron chi connectivity index (χ4n) is 1.44. The van der Waals surface area contributed by atoms with Crippen LogP contribution in [0.4, 0.5) is 10.5 Å². The lowest BCUT2D eigenvalue weighted by molar-refractivity contribution is 0.181. The van der Waals surface area contributed by atoms with Gasteiger partial charge >= 0.3 is 6.03 Å². The average Bonchev–Trinajstić information content (AvgIpc) is 2.32. The van der Waals surface area contributed by atoms with Crippen molar-refractivity contribution in [2.24, 2.45) is 0 Å². The number of amides is 2. The number of H-pyrrole nitrogens is 1. The van der Waals surface area contributed by atoms with Crippen molar-refractivity contribution in [3.8, 4) is 0 Å². The van der Waals surface area contributed by atoms with E-state index in [2.05, 4.69) is 15.5 Å². The Bertz CT molecular complexity index is 334. The molecule has 0 bridgehead atoms. The number of hydrogen-bond acceptors (Lipinski definition) is 2. The predicted octanol–water partition coefficient (Wildman–Crippen LogP) is 1.26. The zero-order valence-corrected chi connectivity index (χ0v) is 8.42. The van der Waals surface area contributed by atoms with E-state index in [-0.39, 0.29) is 6.03 Å². The fraction of sp³-hybridized carbons (Fsp3) is 0.556. The van der Waals surface area contributed by atoms with Crippen LogP contribution in [0.1, 0.15) is 17.8 Å². The van der Waals surface area contributed by atoms with E-state index in [1.807, 2.05) is 13.8 Å². The molecule has 2 heterocycles. The number of aromatic amines is 1. The van der Waals surface area contributed by atoms with Gasteiger partial charge in [-0.3, -0.25) is 5.10 Å². The Balaban J connectivity index is 2.06. The van der Waals surface area contributed by atoms with E-state index in [1.54, 1.807) is 4.90 Å². The number of hydrogen-bond donors (Lipinski definition) is 2. The molecule has 2 N–H and O–H groups in total. The van der Waals surface area contributed by atoms with Gasteiger partial charge in [0.2, 0.25) is 0 Å². The molecule has 0 unspecified atom stereocenters. The number of carbonyl (C=O) groups excluding carboxylic acids is 1. The number of nitrogens with zero attached hydrogens (tertiary/aromatic N) is 2. The van der Waals surface area contributed by atoms with Gasteiger partial charge in [-0.2, -0.15) is 5.10 Å². The lowest BCUT2D eigenvalue weighted by Gasteiger charge is -2.30. The second kappa shape index (κ2) is 3.32. The summed E-state index contributed by atoms with van der Waals surface area (Å²) in [4.78, 5) is 13.4. The Morgan fingerprint density at radius 2 is 2.21 bits per heavy atom. The molecule has 2 rings (SSSR count). The van der Waals surface area contributed by atoms with Crippen LogP contribution in [-0.2, 0) is 0 Å². The van der Waals surface area contributed by atoms with Crippen molar-refractivity contribution >= 4 is 11.7 Å². The van der Waals surface area contributed by atoms with Gasteiger partial charge in [0.15, 0.2) is 0 Å². The molecule has 0 saturated carbocycles. The average molecular weight is 194 g/mol. The molecule has 2 amide bonds. The highest BCUT2D eigenvalue weighted by Crippen LogP contribution is 2.17. The van der Waals surface area contributed by atoms with Crippen LogP contribution in [0.15, 0.2) is 0 Å². The molecule has 1 aliphatic rings. The molecule has 1 aromatic heterocycles. The monoisotopic (exact) mass is 194 g/mol. The standard InChI is InChI=1S/C9H14N4O/c1-6-8(7(2)12-11-6)10-9(14)13-4-3-5-13/h3-5H2,1-2H3,(H,10,14)(H,11,12). The zero-order chi connectivity index (χ0) is 10.1. The number of nitrogens with one attached hydrogen (secondary N) is 2. The van der Waals surface area contributed by atoms with Crippen molar-refractivity contribution in [2.45, 2.75) is 20.3 Å². The van der Waals surface area contributed by atoms with E-state index < -0.39 is 0 Å². The summed E-state index contributed by atoms with van der Waals surface area (Å²) in [5.41, 5.74) is 2.54. The molecule has 1 fully saturated rings. The van der Waals surface area contributed by atoms with Crippen LogP contribution < -0.4 is 5.32 Å². The first kappa shape index (κ1) is 9.05. The van der Waals surface area contributed by atoms with E-state index in [0.717, 1.165) is 36.6 Å². The van der Waals surface area contributed by atoms with Crippen LogP contribution >= 0.6 is 0 Å². The van der Waals surface area contributed by atoms with Crippen LogP contribution in [0, 0.1) is 13.8 Å². The zero-order valence-electron chi connectivity index (χ0n) is 8.42. The summed E-state index contributed by atoms with van der Waals surface area (Å²) in [6, 6.07) is -0.0242. The van der Waals surface area contributed by atoms with Crippen molar-refractivity contribution in [3.63, 3.8) is 0 Å². The van der Waals surface area contributed by atoms with Crippen LogP contribution in [-0.4, -0.2) is 34.2 Å². The maximum absolute atomic E-state index is 11.6. The lowest BCUT2D eigenvalue weighted by Crippen LogP contribution is -2.44. The highest BCUT2D eigenvalue weighted by atomic mass is 16.2. The van der Waals surface area contributed by atoms with Gasteiger partial charge in [0.1, 0.15) is 0 Å². The third-order valence-corrected chi connectivity index (χ3v) is 2.50. The Morgan fingerprint density at radius 1 is 1.50 bits per heavy atom. The van der Waals surface area contributed by atoms with Gasteiger partial charge in [-0.05, 0) is 20.3 Å². The Kier molecular flexibility index (Phi) is 2.15. The number of likely N-dealkylation sites (tertiary alicyclic amines) is 1. The minimum Gasteiger partial charge on any atom is -0.324 e. The maximum Gasteiger partial charge on any atom is 0.321 e. The Hall–Kier alpha value is -1.52. The summed E-state index contributed by atoms with van der Waals surface area (Å²) < 4.78 is 0. The van der Waals surface area contributed by atoms with Gasteiger partial charge in [0.05, 0.1) is 17.1 Å². The van der Waals surface area contributed by atoms with Crippen molar-refractivity contribution in [1.29, 1.82) is 0 Å². The third kappa shape index (κ3) is 1.45. The minimum absolute atomic E-state index is 0.0242. The van der Waals surface area contributed by atoms with Crippen LogP contribution in [0.25, 0.3) is 0 Å². The summed E-state index contributed by atoms with van der Waals surface area (Å²) in [6.07, 6.45) is 1.11. The van der Waals surface area contributed by atoms with E-state index in [9.17, 15) is 4.79 Å². The van der Waals surface area contributed by atoms with E-state index in [4.69, 9.17) is 0 Å². The summed E-state index contributed by atoms with van der Waals surface area (Å²) in [5.74, 6) is 0. The molecule has 14 heavy (non-hydrogen) atoms. The van der Waals surface area contributed by atoms with Gasteiger partial charge in [0.25, 0.3) is 0 Å². The molecule has 0 spiro atoms. The Morgan fingerprint density at radius 3 is 2.64 bits per heavy atom. The minimum atomic E-state index is -0.0242. The van der Waals surface area contributed by atoms with Gasteiger partial charge in [0, 0.05) is 13.1 Å². The molecule has 1 aromatic rings. The first-order valence-electron chi connectivity index (χ1n) is 4.76. The number of aryl methyl sites for hydroxylation is 2. The molecular formula is C9H14N4O. The van der Waals surface area contributed by atoms with Crippen LogP contribution in [0.5, 0.6) is 0 Å². The smallest absolute Gasteiger partial charge is 0.321 e. The predicted molar refractivity (Wildman–Crippen MR) is 53.3 cm³/mol. The number of rotatable bonds is 1. The Labute approximate surface area is 82.5 Å². The SMILES string of the molecule is Cc1n[nH]c(C)c1NC(=O)N1CCC1. The van der Waals surface area contributed by atoms with Crippen molar-refractivity contribution in [2.75, 3.05) is 18.4 Å². The van der Waals surface area contributed by atoms with Gasteiger partial charge in [-0.15, -0.1) is 0 Å². The molecule has 5 nitrogen and oxygen atoms in total. The second-order valence-corrected chi connectivity index (χ2v) is 3.58. The number of aromatic nitrogens is 2. The first-order valence-corrected chi connectivity index (χ1v) is 4.76. The molecule has 0 atom stereocenters. The first-order chi connectivity index (χ1) is 6.68. The molecule has 0 aromatic carbocycles. The van der Waals surface area contributed by atoms with E-state index >= 15 is 0 Å². The van der Waals surface area contributed by atoms with E-state index in [1.165, 1.54) is 0 Å². The molecule has 0 radical (unpaired) electrons.